The van der Waals surface area contributed by atoms with E-state index in [0.29, 0.717) is 13.3 Å². The van der Waals surface area contributed by atoms with Crippen LogP contribution in [-0.2, 0) is 6.54 Å². The number of benzene rings is 3. The monoisotopic (exact) mass is 446 g/mol. The molecule has 0 radical (unpaired) electrons. The van der Waals surface area contributed by atoms with E-state index in [2.05, 4.69) is 40.1 Å². The van der Waals surface area contributed by atoms with Gasteiger partial charge in [-0.3, -0.25) is 9.80 Å². The SMILES string of the molecule is O[C@H](COc1ccccc1-c1ccccc1)CN1CCN(Cc2ccc3c(c2)OCO3)CC1. The quantitative estimate of drug-likeness (QED) is 0.570. The number of β-amino-alcohol motifs (C(OH)–C–C–N with tert-alkyl or cyclic N) is 1. The fourth-order valence-corrected chi connectivity index (χ4v) is 4.41. The van der Waals surface area contributed by atoms with Gasteiger partial charge in [0.25, 0.3) is 0 Å². The van der Waals surface area contributed by atoms with Crippen LogP contribution in [0.3, 0.4) is 0 Å². The van der Waals surface area contributed by atoms with Gasteiger partial charge < -0.3 is 19.3 Å². The van der Waals surface area contributed by atoms with E-state index < -0.39 is 6.10 Å². The molecule has 2 aliphatic heterocycles. The number of piperazine rings is 1. The fraction of sp³-hybridized carbons (Fsp3) is 0.333. The number of fused-ring (bicyclic) bond motifs is 1. The number of aliphatic hydroxyl groups is 1. The molecule has 0 aromatic heterocycles. The second-order valence-electron chi connectivity index (χ2n) is 8.59. The standard InChI is InChI=1S/C27H30N2O4/c30-23(19-31-25-9-5-4-8-24(25)22-6-2-1-3-7-22)18-29-14-12-28(13-15-29)17-21-10-11-26-27(16-21)33-20-32-26/h1-11,16,23,30H,12-15,17-20H2/t23-/m0/s1. The van der Waals surface area contributed by atoms with E-state index in [4.69, 9.17) is 14.2 Å². The van der Waals surface area contributed by atoms with Gasteiger partial charge in [0.2, 0.25) is 6.79 Å². The molecule has 3 aromatic carbocycles. The largest absolute Gasteiger partial charge is 0.490 e. The van der Waals surface area contributed by atoms with Crippen molar-refractivity contribution >= 4 is 0 Å². The first kappa shape index (κ1) is 21.8. The van der Waals surface area contributed by atoms with Gasteiger partial charge in [-0.05, 0) is 29.3 Å². The van der Waals surface area contributed by atoms with Gasteiger partial charge in [0.15, 0.2) is 11.5 Å². The summed E-state index contributed by atoms with van der Waals surface area (Å²) in [7, 11) is 0. The van der Waals surface area contributed by atoms with Crippen LogP contribution in [0.15, 0.2) is 72.8 Å². The normalized spacial score (nSPS) is 17.1. The lowest BCUT2D eigenvalue weighted by atomic mass is 10.1. The number of nitrogens with zero attached hydrogens (tertiary/aromatic N) is 2. The van der Waals surface area contributed by atoms with Crippen LogP contribution in [0.4, 0.5) is 0 Å². The molecular weight excluding hydrogens is 416 g/mol. The van der Waals surface area contributed by atoms with Crippen molar-refractivity contribution in [2.75, 3.05) is 46.1 Å². The summed E-state index contributed by atoms with van der Waals surface area (Å²) in [6, 6.07) is 24.3. The summed E-state index contributed by atoms with van der Waals surface area (Å²) in [5.41, 5.74) is 3.39. The molecule has 33 heavy (non-hydrogen) atoms. The maximum atomic E-state index is 10.6. The molecule has 1 atom stereocenters. The molecule has 1 saturated heterocycles. The molecule has 0 saturated carbocycles. The van der Waals surface area contributed by atoms with Gasteiger partial charge in [0.05, 0.1) is 0 Å². The summed E-state index contributed by atoms with van der Waals surface area (Å²) in [6.07, 6.45) is -0.533. The van der Waals surface area contributed by atoms with Crippen LogP contribution >= 0.6 is 0 Å². The minimum atomic E-state index is -0.533. The highest BCUT2D eigenvalue weighted by Gasteiger charge is 2.21. The average Bonchev–Trinajstić information content (AvgIpc) is 3.33. The molecular formula is C27H30N2O4. The molecule has 172 valence electrons. The first-order chi connectivity index (χ1) is 16.2. The molecule has 0 spiro atoms. The predicted molar refractivity (Wildman–Crippen MR) is 128 cm³/mol. The molecule has 1 N–H and O–H groups in total. The number of hydrogen-bond donors (Lipinski definition) is 1. The third kappa shape index (κ3) is 5.47. The van der Waals surface area contributed by atoms with Crippen LogP contribution in [0.2, 0.25) is 0 Å². The molecule has 0 unspecified atom stereocenters. The maximum absolute atomic E-state index is 10.6. The van der Waals surface area contributed by atoms with Crippen LogP contribution < -0.4 is 14.2 Å². The lowest BCUT2D eigenvalue weighted by molar-refractivity contribution is 0.0447. The van der Waals surface area contributed by atoms with Crippen molar-refractivity contribution in [1.82, 2.24) is 9.80 Å². The number of aliphatic hydroxyl groups excluding tert-OH is 1. The minimum Gasteiger partial charge on any atom is -0.490 e. The summed E-state index contributed by atoms with van der Waals surface area (Å²) in [5.74, 6) is 2.46. The summed E-state index contributed by atoms with van der Waals surface area (Å²) < 4.78 is 16.9. The van der Waals surface area contributed by atoms with Crippen LogP contribution in [0.1, 0.15) is 5.56 Å². The summed E-state index contributed by atoms with van der Waals surface area (Å²) >= 11 is 0. The molecule has 0 amide bonds. The van der Waals surface area contributed by atoms with Crippen LogP contribution in [0.25, 0.3) is 11.1 Å². The van der Waals surface area contributed by atoms with Crippen LogP contribution in [0, 0.1) is 0 Å². The Balaban J connectivity index is 1.08. The van der Waals surface area contributed by atoms with E-state index in [9.17, 15) is 5.11 Å². The number of ether oxygens (including phenoxy) is 3. The highest BCUT2D eigenvalue weighted by atomic mass is 16.7. The molecule has 5 rings (SSSR count). The Kier molecular flexibility index (Phi) is 6.76. The Morgan fingerprint density at radius 2 is 1.55 bits per heavy atom. The first-order valence-corrected chi connectivity index (χ1v) is 11.5. The molecule has 0 aliphatic carbocycles. The molecule has 0 bridgehead atoms. The summed E-state index contributed by atoms with van der Waals surface area (Å²) in [4.78, 5) is 4.75. The fourth-order valence-electron chi connectivity index (χ4n) is 4.41. The molecule has 1 fully saturated rings. The number of hydrogen-bond acceptors (Lipinski definition) is 6. The van der Waals surface area contributed by atoms with Crippen molar-refractivity contribution in [2.45, 2.75) is 12.6 Å². The topological polar surface area (TPSA) is 54.4 Å². The number of para-hydroxylation sites is 1. The lowest BCUT2D eigenvalue weighted by Crippen LogP contribution is -2.48. The second kappa shape index (κ2) is 10.3. The van der Waals surface area contributed by atoms with Gasteiger partial charge in [-0.2, -0.15) is 0 Å². The molecule has 6 nitrogen and oxygen atoms in total. The van der Waals surface area contributed by atoms with Gasteiger partial charge in [0, 0.05) is 44.8 Å². The highest BCUT2D eigenvalue weighted by molar-refractivity contribution is 5.70. The summed E-state index contributed by atoms with van der Waals surface area (Å²) in [5, 5.41) is 10.6. The summed E-state index contributed by atoms with van der Waals surface area (Å²) in [6.45, 7) is 5.91. The van der Waals surface area contributed by atoms with E-state index in [1.807, 2.05) is 42.5 Å². The Morgan fingerprint density at radius 3 is 2.39 bits per heavy atom. The average molecular weight is 447 g/mol. The van der Waals surface area contributed by atoms with Crippen molar-refractivity contribution in [3.05, 3.63) is 78.4 Å². The van der Waals surface area contributed by atoms with Crippen molar-refractivity contribution < 1.29 is 19.3 Å². The predicted octanol–water partition coefficient (Wildman–Crippen LogP) is 3.64. The van der Waals surface area contributed by atoms with E-state index in [1.165, 1.54) is 5.56 Å². The highest BCUT2D eigenvalue weighted by Crippen LogP contribution is 2.33. The maximum Gasteiger partial charge on any atom is 0.231 e. The van der Waals surface area contributed by atoms with Crippen molar-refractivity contribution in [3.8, 4) is 28.4 Å². The molecule has 6 heteroatoms. The van der Waals surface area contributed by atoms with E-state index in [1.54, 1.807) is 0 Å². The van der Waals surface area contributed by atoms with Gasteiger partial charge in [-0.1, -0.05) is 54.6 Å². The van der Waals surface area contributed by atoms with Crippen molar-refractivity contribution in [3.63, 3.8) is 0 Å². The molecule has 2 aliphatic rings. The smallest absolute Gasteiger partial charge is 0.231 e. The van der Waals surface area contributed by atoms with Gasteiger partial charge in [0.1, 0.15) is 18.5 Å². The zero-order valence-electron chi connectivity index (χ0n) is 18.7. The van der Waals surface area contributed by atoms with Gasteiger partial charge in [-0.15, -0.1) is 0 Å². The Labute approximate surface area is 194 Å². The van der Waals surface area contributed by atoms with Gasteiger partial charge >= 0.3 is 0 Å². The van der Waals surface area contributed by atoms with Crippen molar-refractivity contribution in [2.24, 2.45) is 0 Å². The van der Waals surface area contributed by atoms with Gasteiger partial charge in [-0.25, -0.2) is 0 Å². The van der Waals surface area contributed by atoms with E-state index in [0.717, 1.165) is 61.1 Å². The lowest BCUT2D eigenvalue weighted by Gasteiger charge is -2.35. The number of rotatable bonds is 8. The van der Waals surface area contributed by atoms with Crippen LogP contribution in [0.5, 0.6) is 17.2 Å². The minimum absolute atomic E-state index is 0.279. The molecule has 2 heterocycles. The third-order valence-electron chi connectivity index (χ3n) is 6.18. The zero-order chi connectivity index (χ0) is 22.5. The molecule has 3 aromatic rings. The Morgan fingerprint density at radius 1 is 0.818 bits per heavy atom. The Bertz CT molecular complexity index is 1050. The van der Waals surface area contributed by atoms with E-state index in [-0.39, 0.29) is 6.61 Å². The Hall–Kier alpha value is -3.06. The van der Waals surface area contributed by atoms with E-state index >= 15 is 0 Å². The van der Waals surface area contributed by atoms with Crippen molar-refractivity contribution in [1.29, 1.82) is 0 Å². The first-order valence-electron chi connectivity index (χ1n) is 11.5. The van der Waals surface area contributed by atoms with Crippen LogP contribution in [-0.4, -0.2) is 67.1 Å². The second-order valence-corrected chi connectivity index (χ2v) is 8.59. The third-order valence-corrected chi connectivity index (χ3v) is 6.18. The zero-order valence-corrected chi connectivity index (χ0v) is 18.7.